The van der Waals surface area contributed by atoms with E-state index in [-0.39, 0.29) is 5.69 Å². The van der Waals surface area contributed by atoms with Gasteiger partial charge in [-0.25, -0.2) is 8.75 Å². The van der Waals surface area contributed by atoms with Gasteiger partial charge in [0.1, 0.15) is 5.01 Å². The number of nitrogens with zero attached hydrogens (tertiary/aromatic N) is 2. The quantitative estimate of drug-likeness (QED) is 0.652. The third-order valence-corrected chi connectivity index (χ3v) is 4.69. The van der Waals surface area contributed by atoms with E-state index in [1.54, 1.807) is 42.5 Å². The lowest BCUT2D eigenvalue weighted by Crippen LogP contribution is -2.12. The second-order valence-corrected chi connectivity index (χ2v) is 6.34. The minimum Gasteiger partial charge on any atom is -0.244 e. The Bertz CT molecular complexity index is 835. The summed E-state index contributed by atoms with van der Waals surface area (Å²) < 4.78 is 1.46. The van der Waals surface area contributed by atoms with Gasteiger partial charge in [0.25, 0.3) is 0 Å². The van der Waals surface area contributed by atoms with Crippen LogP contribution in [0.15, 0.2) is 47.3 Å². The van der Waals surface area contributed by atoms with Gasteiger partial charge in [0.2, 0.25) is 0 Å². The molecule has 0 saturated heterocycles. The summed E-state index contributed by atoms with van der Waals surface area (Å²) in [6, 6.07) is 12.1. The van der Waals surface area contributed by atoms with Crippen molar-refractivity contribution >= 4 is 46.3 Å². The molecule has 0 saturated carbocycles. The maximum absolute atomic E-state index is 12.1. The molecular formula is C14H7Cl3N2OS. The van der Waals surface area contributed by atoms with Crippen molar-refractivity contribution < 1.29 is 0 Å². The highest BCUT2D eigenvalue weighted by Gasteiger charge is 2.15. The Morgan fingerprint density at radius 1 is 0.952 bits per heavy atom. The number of benzene rings is 2. The fraction of sp³-hybridized carbons (Fsp3) is 0. The van der Waals surface area contributed by atoms with Crippen LogP contribution in [0.3, 0.4) is 0 Å². The zero-order chi connectivity index (χ0) is 15.0. The Labute approximate surface area is 139 Å². The molecule has 0 fully saturated rings. The Morgan fingerprint density at radius 2 is 1.57 bits per heavy atom. The van der Waals surface area contributed by atoms with E-state index >= 15 is 0 Å². The van der Waals surface area contributed by atoms with Crippen LogP contribution in [-0.4, -0.2) is 8.94 Å². The van der Waals surface area contributed by atoms with E-state index in [4.69, 9.17) is 34.8 Å². The van der Waals surface area contributed by atoms with Crippen molar-refractivity contribution in [1.82, 2.24) is 8.94 Å². The second kappa shape index (κ2) is 5.81. The molecule has 0 aliphatic rings. The average Bonchev–Trinajstić information content (AvgIpc) is 2.81. The summed E-state index contributed by atoms with van der Waals surface area (Å²) in [5.41, 5.74) is 0.875. The summed E-state index contributed by atoms with van der Waals surface area (Å²) in [4.78, 5) is 16.1. The van der Waals surface area contributed by atoms with Crippen LogP contribution in [0.1, 0.15) is 0 Å². The van der Waals surface area contributed by atoms with Crippen LogP contribution in [0.5, 0.6) is 0 Å². The molecule has 0 atom stereocenters. The molecule has 21 heavy (non-hydrogen) atoms. The van der Waals surface area contributed by atoms with E-state index < -0.39 is 0 Å². The molecule has 106 valence electrons. The third-order valence-electron chi connectivity index (χ3n) is 2.79. The number of rotatable bonds is 2. The molecule has 0 unspecified atom stereocenters. The van der Waals surface area contributed by atoms with Gasteiger partial charge in [0.15, 0.2) is 0 Å². The fourth-order valence-electron chi connectivity index (χ4n) is 1.82. The summed E-state index contributed by atoms with van der Waals surface area (Å²) in [5, 5.41) is 2.00. The van der Waals surface area contributed by atoms with E-state index in [0.717, 1.165) is 0 Å². The van der Waals surface area contributed by atoms with Crippen LogP contribution in [0.2, 0.25) is 15.1 Å². The minimum absolute atomic E-state index is 0.381. The molecule has 2 aromatic carbocycles. The molecule has 3 aromatic rings. The molecule has 0 bridgehead atoms. The molecule has 7 heteroatoms. The predicted molar refractivity (Wildman–Crippen MR) is 88.2 cm³/mol. The van der Waals surface area contributed by atoms with Crippen molar-refractivity contribution in [3.63, 3.8) is 0 Å². The Hall–Kier alpha value is -1.33. The molecule has 3 nitrogen and oxygen atoms in total. The van der Waals surface area contributed by atoms with Crippen molar-refractivity contribution in [1.29, 1.82) is 0 Å². The Balaban J connectivity index is 2.14. The third kappa shape index (κ3) is 2.85. The molecule has 0 aliphatic heterocycles. The maximum atomic E-state index is 12.1. The van der Waals surface area contributed by atoms with Crippen LogP contribution in [0.4, 0.5) is 0 Å². The predicted octanol–water partition coefficient (Wildman–Crippen LogP) is 4.92. The van der Waals surface area contributed by atoms with Gasteiger partial charge in [-0.3, -0.25) is 0 Å². The largest absolute Gasteiger partial charge is 0.363 e. The van der Waals surface area contributed by atoms with Crippen LogP contribution >= 0.6 is 46.3 Å². The lowest BCUT2D eigenvalue weighted by molar-refractivity contribution is 1.05. The average molecular weight is 358 g/mol. The van der Waals surface area contributed by atoms with Gasteiger partial charge in [0.05, 0.1) is 15.7 Å². The highest BCUT2D eigenvalue weighted by atomic mass is 35.5. The van der Waals surface area contributed by atoms with Gasteiger partial charge >= 0.3 is 5.69 Å². The normalized spacial score (nSPS) is 10.8. The van der Waals surface area contributed by atoms with E-state index in [2.05, 4.69) is 4.98 Å². The zero-order valence-electron chi connectivity index (χ0n) is 10.4. The standard InChI is InChI=1S/C14H7Cl3N2OS/c15-8-4-6-9(7-5-8)19-14(20)18-13(21-19)12-10(16)2-1-3-11(12)17/h1-7H. The molecule has 1 heterocycles. The topological polar surface area (TPSA) is 34.9 Å². The minimum atomic E-state index is -0.381. The van der Waals surface area contributed by atoms with E-state index in [1.165, 1.54) is 15.5 Å². The monoisotopic (exact) mass is 356 g/mol. The van der Waals surface area contributed by atoms with Crippen LogP contribution < -0.4 is 5.69 Å². The molecule has 0 aliphatic carbocycles. The summed E-state index contributed by atoms with van der Waals surface area (Å²) in [7, 11) is 0. The summed E-state index contributed by atoms with van der Waals surface area (Å²) in [6.45, 7) is 0. The van der Waals surface area contributed by atoms with E-state index in [1.807, 2.05) is 0 Å². The lowest BCUT2D eigenvalue weighted by Gasteiger charge is -2.02. The van der Waals surface area contributed by atoms with Crippen LogP contribution in [-0.2, 0) is 0 Å². The van der Waals surface area contributed by atoms with Gasteiger partial charge in [-0.15, -0.1) is 0 Å². The highest BCUT2D eigenvalue weighted by molar-refractivity contribution is 7.10. The first-order chi connectivity index (χ1) is 10.1. The van der Waals surface area contributed by atoms with Crippen molar-refractivity contribution in [2.24, 2.45) is 0 Å². The van der Waals surface area contributed by atoms with Crippen molar-refractivity contribution in [2.45, 2.75) is 0 Å². The number of aromatic nitrogens is 2. The highest BCUT2D eigenvalue weighted by Crippen LogP contribution is 2.35. The Kier molecular flexibility index (Phi) is 4.04. The summed E-state index contributed by atoms with van der Waals surface area (Å²) >= 11 is 19.3. The maximum Gasteiger partial charge on any atom is 0.363 e. The van der Waals surface area contributed by atoms with Crippen molar-refractivity contribution in [2.75, 3.05) is 0 Å². The molecule has 0 radical (unpaired) electrons. The van der Waals surface area contributed by atoms with Gasteiger partial charge < -0.3 is 0 Å². The number of hydrogen-bond acceptors (Lipinski definition) is 3. The summed E-state index contributed by atoms with van der Waals surface area (Å²) in [6.07, 6.45) is 0. The number of hydrogen-bond donors (Lipinski definition) is 0. The van der Waals surface area contributed by atoms with Gasteiger partial charge in [-0.2, -0.15) is 4.98 Å². The van der Waals surface area contributed by atoms with Gasteiger partial charge in [-0.05, 0) is 47.9 Å². The molecule has 3 rings (SSSR count). The van der Waals surface area contributed by atoms with Crippen molar-refractivity contribution in [3.05, 3.63) is 68.0 Å². The zero-order valence-corrected chi connectivity index (χ0v) is 13.5. The van der Waals surface area contributed by atoms with E-state index in [0.29, 0.717) is 31.3 Å². The number of halogens is 3. The van der Waals surface area contributed by atoms with Gasteiger partial charge in [0, 0.05) is 10.6 Å². The Morgan fingerprint density at radius 3 is 2.19 bits per heavy atom. The second-order valence-electron chi connectivity index (χ2n) is 4.16. The SMILES string of the molecule is O=c1nc(-c2c(Cl)cccc2Cl)sn1-c1ccc(Cl)cc1. The lowest BCUT2D eigenvalue weighted by atomic mass is 10.2. The fourth-order valence-corrected chi connectivity index (χ4v) is 3.59. The van der Waals surface area contributed by atoms with Gasteiger partial charge in [-0.1, -0.05) is 40.9 Å². The molecule has 0 amide bonds. The van der Waals surface area contributed by atoms with Crippen molar-refractivity contribution in [3.8, 4) is 16.3 Å². The van der Waals surface area contributed by atoms with Crippen LogP contribution in [0, 0.1) is 0 Å². The molecule has 1 aromatic heterocycles. The first kappa shape index (κ1) is 14.6. The molecular weight excluding hydrogens is 351 g/mol. The smallest absolute Gasteiger partial charge is 0.244 e. The van der Waals surface area contributed by atoms with Crippen LogP contribution in [0.25, 0.3) is 16.3 Å². The molecule has 0 N–H and O–H groups in total. The van der Waals surface area contributed by atoms with E-state index in [9.17, 15) is 4.79 Å². The first-order valence-corrected chi connectivity index (χ1v) is 7.77. The first-order valence-electron chi connectivity index (χ1n) is 5.87. The summed E-state index contributed by atoms with van der Waals surface area (Å²) in [5.74, 6) is 0. The molecule has 0 spiro atoms.